The van der Waals surface area contributed by atoms with Gasteiger partial charge in [-0.05, 0) is 44.2 Å². The normalized spacial score (nSPS) is 29.2. The van der Waals surface area contributed by atoms with Gasteiger partial charge in [0.25, 0.3) is 0 Å². The second-order valence-electron chi connectivity index (χ2n) is 5.85. The number of piperidine rings is 1. The Kier molecular flexibility index (Phi) is 3.71. The Morgan fingerprint density at radius 3 is 2.89 bits per heavy atom. The van der Waals surface area contributed by atoms with E-state index in [2.05, 4.69) is 11.0 Å². The summed E-state index contributed by atoms with van der Waals surface area (Å²) < 4.78 is 5.62. The van der Waals surface area contributed by atoms with Crippen molar-refractivity contribution in [2.75, 3.05) is 6.54 Å². The third kappa shape index (κ3) is 2.47. The topological polar surface area (TPSA) is 42.4 Å². The molecule has 0 bridgehead atoms. The van der Waals surface area contributed by atoms with Crippen molar-refractivity contribution >= 4 is 0 Å². The SMILES string of the molecule is NCc1coc(CN2CCC[C@H]3CCCC[C@H]32)c1. The first-order chi connectivity index (χ1) is 8.86. The van der Waals surface area contributed by atoms with Gasteiger partial charge in [-0.1, -0.05) is 12.8 Å². The van der Waals surface area contributed by atoms with E-state index in [0.717, 1.165) is 29.8 Å². The average molecular weight is 248 g/mol. The zero-order valence-electron chi connectivity index (χ0n) is 11.1. The quantitative estimate of drug-likeness (QED) is 0.894. The van der Waals surface area contributed by atoms with Gasteiger partial charge in [-0.2, -0.15) is 0 Å². The van der Waals surface area contributed by atoms with Crippen molar-refractivity contribution in [1.82, 2.24) is 4.90 Å². The molecule has 2 N–H and O–H groups in total. The summed E-state index contributed by atoms with van der Waals surface area (Å²) in [5.74, 6) is 2.03. The molecule has 1 saturated carbocycles. The Hall–Kier alpha value is -0.800. The number of hydrogen-bond donors (Lipinski definition) is 1. The summed E-state index contributed by atoms with van der Waals surface area (Å²) in [5, 5.41) is 0. The van der Waals surface area contributed by atoms with E-state index in [1.807, 2.05) is 0 Å². The third-order valence-electron chi connectivity index (χ3n) is 4.66. The van der Waals surface area contributed by atoms with Gasteiger partial charge < -0.3 is 10.2 Å². The van der Waals surface area contributed by atoms with E-state index in [1.165, 1.54) is 45.1 Å². The van der Waals surface area contributed by atoms with Gasteiger partial charge in [0, 0.05) is 18.2 Å². The van der Waals surface area contributed by atoms with Gasteiger partial charge in [0.2, 0.25) is 0 Å². The van der Waals surface area contributed by atoms with Crippen LogP contribution in [-0.2, 0) is 13.1 Å². The van der Waals surface area contributed by atoms with Crippen LogP contribution < -0.4 is 5.73 Å². The smallest absolute Gasteiger partial charge is 0.118 e. The van der Waals surface area contributed by atoms with E-state index in [9.17, 15) is 0 Å². The molecule has 100 valence electrons. The van der Waals surface area contributed by atoms with Gasteiger partial charge in [-0.15, -0.1) is 0 Å². The Balaban J connectivity index is 1.66. The van der Waals surface area contributed by atoms with Crippen LogP contribution in [0, 0.1) is 5.92 Å². The maximum atomic E-state index is 5.63. The molecule has 1 aliphatic carbocycles. The Bertz CT molecular complexity index is 386. The minimum Gasteiger partial charge on any atom is -0.468 e. The number of fused-ring (bicyclic) bond motifs is 1. The zero-order chi connectivity index (χ0) is 12.4. The van der Waals surface area contributed by atoms with E-state index in [4.69, 9.17) is 10.2 Å². The number of nitrogens with two attached hydrogens (primary N) is 1. The molecule has 1 saturated heterocycles. The molecular weight excluding hydrogens is 224 g/mol. The number of likely N-dealkylation sites (tertiary alicyclic amines) is 1. The monoisotopic (exact) mass is 248 g/mol. The summed E-state index contributed by atoms with van der Waals surface area (Å²) in [7, 11) is 0. The minimum atomic E-state index is 0.579. The first-order valence-corrected chi connectivity index (χ1v) is 7.37. The molecule has 0 aromatic carbocycles. The summed E-state index contributed by atoms with van der Waals surface area (Å²) in [6.07, 6.45) is 10.3. The highest BCUT2D eigenvalue weighted by atomic mass is 16.3. The van der Waals surface area contributed by atoms with Gasteiger partial charge in [-0.3, -0.25) is 4.90 Å². The highest BCUT2D eigenvalue weighted by Crippen LogP contribution is 2.35. The summed E-state index contributed by atoms with van der Waals surface area (Å²) >= 11 is 0. The molecule has 1 aromatic rings. The van der Waals surface area contributed by atoms with Gasteiger partial charge in [0.15, 0.2) is 0 Å². The predicted octanol–water partition coefficient (Wildman–Crippen LogP) is 2.89. The largest absolute Gasteiger partial charge is 0.468 e. The predicted molar refractivity (Wildman–Crippen MR) is 72.0 cm³/mol. The average Bonchev–Trinajstić information content (AvgIpc) is 2.87. The lowest BCUT2D eigenvalue weighted by Gasteiger charge is -2.43. The highest BCUT2D eigenvalue weighted by Gasteiger charge is 2.33. The van der Waals surface area contributed by atoms with Gasteiger partial charge in [0.1, 0.15) is 5.76 Å². The molecule has 0 amide bonds. The summed E-state index contributed by atoms with van der Waals surface area (Å²) in [6.45, 7) is 2.79. The second kappa shape index (κ2) is 5.45. The lowest BCUT2D eigenvalue weighted by molar-refractivity contribution is 0.0495. The second-order valence-corrected chi connectivity index (χ2v) is 5.85. The molecule has 2 heterocycles. The van der Waals surface area contributed by atoms with Crippen LogP contribution >= 0.6 is 0 Å². The van der Waals surface area contributed by atoms with Crippen LogP contribution in [0.3, 0.4) is 0 Å². The molecule has 2 atom stereocenters. The summed E-state index contributed by atoms with van der Waals surface area (Å²) in [4.78, 5) is 2.65. The fourth-order valence-corrected chi connectivity index (χ4v) is 3.74. The minimum absolute atomic E-state index is 0.579. The number of rotatable bonds is 3. The molecule has 1 aromatic heterocycles. The van der Waals surface area contributed by atoms with Crippen molar-refractivity contribution in [1.29, 1.82) is 0 Å². The van der Waals surface area contributed by atoms with Crippen LogP contribution in [-0.4, -0.2) is 17.5 Å². The lowest BCUT2D eigenvalue weighted by atomic mass is 9.78. The van der Waals surface area contributed by atoms with E-state index in [1.54, 1.807) is 6.26 Å². The van der Waals surface area contributed by atoms with Crippen LogP contribution in [0.4, 0.5) is 0 Å². The molecule has 3 rings (SSSR count). The van der Waals surface area contributed by atoms with Gasteiger partial charge in [-0.25, -0.2) is 0 Å². The maximum Gasteiger partial charge on any atom is 0.118 e. The van der Waals surface area contributed by atoms with Crippen molar-refractivity contribution in [3.05, 3.63) is 23.7 Å². The molecule has 3 heteroatoms. The van der Waals surface area contributed by atoms with E-state index in [-0.39, 0.29) is 0 Å². The van der Waals surface area contributed by atoms with Crippen LogP contribution in [0.2, 0.25) is 0 Å². The molecule has 0 radical (unpaired) electrons. The van der Waals surface area contributed by atoms with Crippen LogP contribution in [0.1, 0.15) is 49.8 Å². The molecule has 2 aliphatic rings. The Morgan fingerprint density at radius 1 is 1.22 bits per heavy atom. The van der Waals surface area contributed by atoms with Crippen molar-refractivity contribution in [3.63, 3.8) is 0 Å². The molecule has 2 fully saturated rings. The van der Waals surface area contributed by atoms with E-state index in [0.29, 0.717) is 6.54 Å². The zero-order valence-corrected chi connectivity index (χ0v) is 11.1. The molecule has 3 nitrogen and oxygen atoms in total. The van der Waals surface area contributed by atoms with Gasteiger partial charge >= 0.3 is 0 Å². The number of hydrogen-bond acceptors (Lipinski definition) is 3. The molecular formula is C15H24N2O. The number of nitrogens with zero attached hydrogens (tertiary/aromatic N) is 1. The molecule has 1 aliphatic heterocycles. The first-order valence-electron chi connectivity index (χ1n) is 7.37. The van der Waals surface area contributed by atoms with Crippen LogP contribution in [0.15, 0.2) is 16.7 Å². The van der Waals surface area contributed by atoms with Crippen molar-refractivity contribution < 1.29 is 4.42 Å². The van der Waals surface area contributed by atoms with E-state index >= 15 is 0 Å². The van der Waals surface area contributed by atoms with Gasteiger partial charge in [0.05, 0.1) is 12.8 Å². The maximum absolute atomic E-state index is 5.63. The standard InChI is InChI=1S/C15H24N2O/c16-9-12-8-14(18-11-12)10-17-7-3-5-13-4-1-2-6-15(13)17/h8,11,13,15H,1-7,9-10,16H2/t13-,15-/m1/s1. The molecule has 0 spiro atoms. The summed E-state index contributed by atoms with van der Waals surface area (Å²) in [6, 6.07) is 2.92. The van der Waals surface area contributed by atoms with Crippen molar-refractivity contribution in [2.45, 2.75) is 57.7 Å². The van der Waals surface area contributed by atoms with Crippen molar-refractivity contribution in [2.24, 2.45) is 11.7 Å². The number of furan rings is 1. The summed E-state index contributed by atoms with van der Waals surface area (Å²) in [5.41, 5.74) is 6.74. The molecule has 18 heavy (non-hydrogen) atoms. The third-order valence-corrected chi connectivity index (χ3v) is 4.66. The lowest BCUT2D eigenvalue weighted by Crippen LogP contribution is -2.46. The highest BCUT2D eigenvalue weighted by molar-refractivity contribution is 5.12. The first kappa shape index (κ1) is 12.2. The van der Waals surface area contributed by atoms with E-state index < -0.39 is 0 Å². The molecule has 0 unspecified atom stereocenters. The fourth-order valence-electron chi connectivity index (χ4n) is 3.74. The fraction of sp³-hybridized carbons (Fsp3) is 0.733. The Labute approximate surface area is 109 Å². The Morgan fingerprint density at radius 2 is 2.06 bits per heavy atom. The van der Waals surface area contributed by atoms with Crippen LogP contribution in [0.25, 0.3) is 0 Å². The van der Waals surface area contributed by atoms with Crippen molar-refractivity contribution in [3.8, 4) is 0 Å². The van der Waals surface area contributed by atoms with Crippen LogP contribution in [0.5, 0.6) is 0 Å².